The van der Waals surface area contributed by atoms with Crippen molar-refractivity contribution in [3.8, 4) is 5.75 Å². The van der Waals surface area contributed by atoms with Crippen LogP contribution in [0.1, 0.15) is 12.8 Å². The van der Waals surface area contributed by atoms with Crippen molar-refractivity contribution in [1.29, 1.82) is 0 Å². The summed E-state index contributed by atoms with van der Waals surface area (Å²) in [4.78, 5) is 13.2. The van der Waals surface area contributed by atoms with Crippen LogP contribution in [0.15, 0.2) is 0 Å². The van der Waals surface area contributed by atoms with E-state index in [2.05, 4.69) is 9.27 Å². The van der Waals surface area contributed by atoms with Crippen LogP contribution in [0.5, 0.6) is 5.75 Å². The van der Waals surface area contributed by atoms with Gasteiger partial charge in [-0.05, 0) is 24.4 Å². The Morgan fingerprint density at radius 2 is 2.18 bits per heavy atom. The molecule has 4 N–H and O–H groups in total. The average Bonchev–Trinajstić information content (AvgIpc) is 2.70. The topological polar surface area (TPSA) is 94.5 Å². The fourth-order valence-electron chi connectivity index (χ4n) is 2.05. The van der Waals surface area contributed by atoms with Crippen molar-refractivity contribution >= 4 is 28.3 Å². The highest BCUT2D eigenvalue weighted by atomic mass is 32.1. The molecule has 0 radical (unpaired) electrons. The highest BCUT2D eigenvalue weighted by Gasteiger charge is 2.26. The van der Waals surface area contributed by atoms with Crippen molar-refractivity contribution in [2.45, 2.75) is 12.8 Å². The van der Waals surface area contributed by atoms with Gasteiger partial charge in [0, 0.05) is 19.0 Å². The number of carbonyl (C=O) groups is 1. The first-order valence-corrected chi connectivity index (χ1v) is 6.24. The normalized spacial score (nSPS) is 17.1. The van der Waals surface area contributed by atoms with Crippen LogP contribution in [-0.2, 0) is 4.79 Å². The van der Waals surface area contributed by atoms with E-state index >= 15 is 0 Å². The molecule has 7 heteroatoms. The minimum atomic E-state index is -0.208. The maximum Gasteiger partial charge on any atom is 0.220 e. The van der Waals surface area contributed by atoms with Gasteiger partial charge in [0.1, 0.15) is 0 Å². The highest BCUT2D eigenvalue weighted by molar-refractivity contribution is 7.11. The lowest BCUT2D eigenvalue weighted by Crippen LogP contribution is -2.38. The summed E-state index contributed by atoms with van der Waals surface area (Å²) in [6.07, 6.45) is 1.55. The van der Waals surface area contributed by atoms with Gasteiger partial charge in [0.15, 0.2) is 16.6 Å². The van der Waals surface area contributed by atoms with E-state index in [4.69, 9.17) is 16.2 Å². The Kier molecular flexibility index (Phi) is 3.37. The van der Waals surface area contributed by atoms with E-state index in [1.54, 1.807) is 7.11 Å². The third-order valence-electron chi connectivity index (χ3n) is 3.05. The number of ether oxygens (including phenoxy) is 1. The summed E-state index contributed by atoms with van der Waals surface area (Å²) < 4.78 is 9.31. The van der Waals surface area contributed by atoms with E-state index in [1.807, 2.05) is 0 Å². The van der Waals surface area contributed by atoms with E-state index in [-0.39, 0.29) is 11.8 Å². The number of amides is 1. The molecule has 0 bridgehead atoms. The molecule has 94 valence electrons. The van der Waals surface area contributed by atoms with Crippen molar-refractivity contribution in [2.24, 2.45) is 11.7 Å². The van der Waals surface area contributed by atoms with Crippen molar-refractivity contribution in [3.05, 3.63) is 0 Å². The van der Waals surface area contributed by atoms with Crippen LogP contribution in [0.2, 0.25) is 0 Å². The summed E-state index contributed by atoms with van der Waals surface area (Å²) in [5, 5.41) is 0.938. The molecule has 1 fully saturated rings. The first-order valence-electron chi connectivity index (χ1n) is 5.47. The van der Waals surface area contributed by atoms with Crippen LogP contribution in [0.3, 0.4) is 0 Å². The smallest absolute Gasteiger partial charge is 0.220 e. The monoisotopic (exact) mass is 256 g/mol. The first kappa shape index (κ1) is 12.0. The summed E-state index contributed by atoms with van der Waals surface area (Å²) in [7, 11) is 1.58. The first-order chi connectivity index (χ1) is 8.13. The summed E-state index contributed by atoms with van der Waals surface area (Å²) in [6, 6.07) is 0. The minimum Gasteiger partial charge on any atom is -0.490 e. The molecule has 2 rings (SSSR count). The van der Waals surface area contributed by atoms with E-state index in [0.29, 0.717) is 11.6 Å². The standard InChI is InChI=1S/C10H16N4O2S/c1-16-7-8(11)13-17-10(7)14-4-2-6(3-5-14)9(12)15/h6H,2-5H2,1H3,(H2,11,13)(H2,12,15). The molecule has 2 heterocycles. The summed E-state index contributed by atoms with van der Waals surface area (Å²) >= 11 is 1.33. The minimum absolute atomic E-state index is 0.0116. The number of rotatable bonds is 3. The molecule has 1 aromatic heterocycles. The molecule has 0 aliphatic carbocycles. The fourth-order valence-corrected chi connectivity index (χ4v) is 2.88. The average molecular weight is 256 g/mol. The number of aromatic nitrogens is 1. The zero-order valence-corrected chi connectivity index (χ0v) is 10.5. The molecule has 6 nitrogen and oxygen atoms in total. The van der Waals surface area contributed by atoms with E-state index in [0.717, 1.165) is 30.9 Å². The van der Waals surface area contributed by atoms with Gasteiger partial charge in [-0.2, -0.15) is 4.37 Å². The van der Waals surface area contributed by atoms with Crippen LogP contribution in [0.25, 0.3) is 0 Å². The molecule has 0 spiro atoms. The fraction of sp³-hybridized carbons (Fsp3) is 0.600. The van der Waals surface area contributed by atoms with Crippen molar-refractivity contribution < 1.29 is 9.53 Å². The van der Waals surface area contributed by atoms with Gasteiger partial charge >= 0.3 is 0 Å². The van der Waals surface area contributed by atoms with Crippen LogP contribution < -0.4 is 21.1 Å². The Hall–Kier alpha value is -1.50. The molecule has 0 saturated carbocycles. The van der Waals surface area contributed by atoms with Crippen LogP contribution >= 0.6 is 11.5 Å². The van der Waals surface area contributed by atoms with Gasteiger partial charge in [-0.15, -0.1) is 0 Å². The lowest BCUT2D eigenvalue weighted by molar-refractivity contribution is -0.122. The lowest BCUT2D eigenvalue weighted by atomic mass is 9.96. The molecule has 1 aliphatic rings. The molecule has 0 unspecified atom stereocenters. The highest BCUT2D eigenvalue weighted by Crippen LogP contribution is 2.39. The van der Waals surface area contributed by atoms with Crippen LogP contribution in [0, 0.1) is 5.92 Å². The van der Waals surface area contributed by atoms with E-state index in [1.165, 1.54) is 11.5 Å². The van der Waals surface area contributed by atoms with E-state index < -0.39 is 0 Å². The quantitative estimate of drug-likeness (QED) is 0.818. The van der Waals surface area contributed by atoms with Gasteiger partial charge in [0.2, 0.25) is 5.91 Å². The van der Waals surface area contributed by atoms with Crippen molar-refractivity contribution in [1.82, 2.24) is 4.37 Å². The second kappa shape index (κ2) is 4.79. The number of primary amides is 1. The van der Waals surface area contributed by atoms with Gasteiger partial charge in [-0.3, -0.25) is 4.79 Å². The zero-order chi connectivity index (χ0) is 12.4. The van der Waals surface area contributed by atoms with Crippen molar-refractivity contribution in [3.63, 3.8) is 0 Å². The van der Waals surface area contributed by atoms with Crippen LogP contribution in [0.4, 0.5) is 10.8 Å². The predicted molar refractivity (Wildman–Crippen MR) is 67.2 cm³/mol. The molecular formula is C10H16N4O2S. The molecule has 17 heavy (non-hydrogen) atoms. The molecule has 1 aliphatic heterocycles. The number of piperidine rings is 1. The number of methoxy groups -OCH3 is 1. The number of hydrogen-bond donors (Lipinski definition) is 2. The van der Waals surface area contributed by atoms with Gasteiger partial charge in [0.25, 0.3) is 0 Å². The number of carbonyl (C=O) groups excluding carboxylic acids is 1. The Bertz CT molecular complexity index is 412. The molecule has 1 saturated heterocycles. The molecule has 0 aromatic carbocycles. The second-order valence-corrected chi connectivity index (χ2v) is 4.82. The molecule has 1 aromatic rings. The summed E-state index contributed by atoms with van der Waals surface area (Å²) in [5.74, 6) is 0.833. The zero-order valence-electron chi connectivity index (χ0n) is 9.68. The van der Waals surface area contributed by atoms with Gasteiger partial charge in [-0.1, -0.05) is 0 Å². The number of nitrogens with zero attached hydrogens (tertiary/aromatic N) is 2. The molecule has 1 amide bonds. The third-order valence-corrected chi connectivity index (χ3v) is 3.95. The SMILES string of the molecule is COc1c(N)nsc1N1CCC(C(N)=O)CC1. The Morgan fingerprint density at radius 3 is 2.71 bits per heavy atom. The summed E-state index contributed by atoms with van der Waals surface area (Å²) in [6.45, 7) is 1.57. The third kappa shape index (κ3) is 2.28. The maximum atomic E-state index is 11.1. The summed E-state index contributed by atoms with van der Waals surface area (Å²) in [5.41, 5.74) is 11.0. The number of hydrogen-bond acceptors (Lipinski definition) is 6. The number of nitrogen functional groups attached to an aromatic ring is 1. The molecule has 0 atom stereocenters. The molecular weight excluding hydrogens is 240 g/mol. The Labute approximate surface area is 104 Å². The van der Waals surface area contributed by atoms with Crippen molar-refractivity contribution in [2.75, 3.05) is 30.8 Å². The van der Waals surface area contributed by atoms with Gasteiger partial charge < -0.3 is 21.1 Å². The maximum absolute atomic E-state index is 11.1. The lowest BCUT2D eigenvalue weighted by Gasteiger charge is -2.31. The van der Waals surface area contributed by atoms with E-state index in [9.17, 15) is 4.79 Å². The largest absolute Gasteiger partial charge is 0.490 e. The van der Waals surface area contributed by atoms with Gasteiger partial charge in [0.05, 0.1) is 7.11 Å². The number of nitrogens with two attached hydrogens (primary N) is 2. The Morgan fingerprint density at radius 1 is 1.53 bits per heavy atom. The Balaban J connectivity index is 2.07. The van der Waals surface area contributed by atoms with Crippen LogP contribution in [-0.4, -0.2) is 30.5 Å². The van der Waals surface area contributed by atoms with Gasteiger partial charge in [-0.25, -0.2) is 0 Å². The predicted octanol–water partition coefficient (Wildman–Crippen LogP) is 0.436. The number of anilines is 2. The second-order valence-electron chi connectivity index (χ2n) is 4.07.